The maximum atomic E-state index is 12.9. The molecule has 1 fully saturated rings. The van der Waals surface area contributed by atoms with Crippen LogP contribution in [0.15, 0.2) is 36.8 Å². The molecular formula is C17H18N6O2. The molecule has 4 rings (SSSR count). The van der Waals surface area contributed by atoms with Crippen LogP contribution in [0, 0.1) is 5.92 Å². The van der Waals surface area contributed by atoms with Gasteiger partial charge in [0.05, 0.1) is 13.2 Å². The van der Waals surface area contributed by atoms with E-state index < -0.39 is 0 Å². The summed E-state index contributed by atoms with van der Waals surface area (Å²) in [5.41, 5.74) is 3.01. The Bertz CT molecular complexity index is 866. The zero-order valence-electron chi connectivity index (χ0n) is 13.6. The second-order valence-corrected chi connectivity index (χ2v) is 6.12. The molecule has 1 aliphatic rings. The molecule has 0 saturated carbocycles. The van der Waals surface area contributed by atoms with Crippen molar-refractivity contribution in [1.29, 1.82) is 0 Å². The number of hydrogen-bond donors (Lipinski definition) is 1. The van der Waals surface area contributed by atoms with Gasteiger partial charge in [0.2, 0.25) is 0 Å². The van der Waals surface area contributed by atoms with Crippen molar-refractivity contribution >= 4 is 16.9 Å². The minimum Gasteiger partial charge on any atom is -0.379 e. The molecule has 1 aromatic carbocycles. The van der Waals surface area contributed by atoms with Gasteiger partial charge in [0.25, 0.3) is 5.91 Å². The summed E-state index contributed by atoms with van der Waals surface area (Å²) in [6.07, 6.45) is 4.04. The van der Waals surface area contributed by atoms with Crippen molar-refractivity contribution < 1.29 is 9.53 Å². The highest BCUT2D eigenvalue weighted by Gasteiger charge is 2.24. The molecular weight excluding hydrogens is 320 g/mol. The molecule has 0 aliphatic carbocycles. The number of nitrogens with zero attached hydrogens (tertiary/aromatic N) is 5. The second-order valence-electron chi connectivity index (χ2n) is 6.12. The SMILES string of the molecule is O=C(c1ccc2n[nH]nc2c1)N1CCOCC(Cc2ccncn2)C1. The number of fused-ring (bicyclic) bond motifs is 1. The summed E-state index contributed by atoms with van der Waals surface area (Å²) in [4.78, 5) is 23.0. The number of aromatic nitrogens is 5. The predicted molar refractivity (Wildman–Crippen MR) is 89.8 cm³/mol. The van der Waals surface area contributed by atoms with Crippen LogP contribution in [0.4, 0.5) is 0 Å². The number of carbonyl (C=O) groups excluding carboxylic acids is 1. The third-order valence-electron chi connectivity index (χ3n) is 4.33. The fourth-order valence-electron chi connectivity index (χ4n) is 3.08. The minimum absolute atomic E-state index is 0.0110. The van der Waals surface area contributed by atoms with Gasteiger partial charge < -0.3 is 9.64 Å². The minimum atomic E-state index is -0.0110. The molecule has 0 spiro atoms. The van der Waals surface area contributed by atoms with Gasteiger partial charge in [-0.05, 0) is 30.7 Å². The summed E-state index contributed by atoms with van der Waals surface area (Å²) < 4.78 is 5.69. The van der Waals surface area contributed by atoms with Crippen molar-refractivity contribution in [3.63, 3.8) is 0 Å². The normalized spacial score (nSPS) is 18.2. The van der Waals surface area contributed by atoms with Gasteiger partial charge in [-0.1, -0.05) is 0 Å². The third-order valence-corrected chi connectivity index (χ3v) is 4.33. The second kappa shape index (κ2) is 6.94. The molecule has 1 amide bonds. The van der Waals surface area contributed by atoms with E-state index in [-0.39, 0.29) is 11.8 Å². The summed E-state index contributed by atoms with van der Waals surface area (Å²) >= 11 is 0. The van der Waals surface area contributed by atoms with Crippen LogP contribution < -0.4 is 0 Å². The summed E-state index contributed by atoms with van der Waals surface area (Å²) in [5.74, 6) is 0.195. The van der Waals surface area contributed by atoms with Crippen molar-refractivity contribution in [2.75, 3.05) is 26.3 Å². The Morgan fingerprint density at radius 1 is 1.28 bits per heavy atom. The van der Waals surface area contributed by atoms with Crippen LogP contribution in [0.2, 0.25) is 0 Å². The highest BCUT2D eigenvalue weighted by molar-refractivity contribution is 5.97. The van der Waals surface area contributed by atoms with Crippen molar-refractivity contribution in [3.05, 3.63) is 48.0 Å². The monoisotopic (exact) mass is 338 g/mol. The number of H-pyrrole nitrogens is 1. The molecule has 0 radical (unpaired) electrons. The van der Waals surface area contributed by atoms with Crippen LogP contribution >= 0.6 is 0 Å². The quantitative estimate of drug-likeness (QED) is 0.767. The Labute approximate surface area is 144 Å². The Morgan fingerprint density at radius 2 is 2.20 bits per heavy atom. The van der Waals surface area contributed by atoms with Gasteiger partial charge in [0, 0.05) is 36.5 Å². The van der Waals surface area contributed by atoms with Crippen LogP contribution in [0.3, 0.4) is 0 Å². The van der Waals surface area contributed by atoms with Crippen molar-refractivity contribution in [1.82, 2.24) is 30.3 Å². The highest BCUT2D eigenvalue weighted by atomic mass is 16.5. The number of ether oxygens (including phenoxy) is 1. The molecule has 3 heterocycles. The molecule has 1 aliphatic heterocycles. The Hall–Kier alpha value is -2.87. The van der Waals surface area contributed by atoms with Crippen LogP contribution in [0.1, 0.15) is 16.1 Å². The van der Waals surface area contributed by atoms with Gasteiger partial charge in [-0.2, -0.15) is 15.4 Å². The van der Waals surface area contributed by atoms with Crippen LogP contribution in [0.25, 0.3) is 11.0 Å². The molecule has 1 atom stereocenters. The van der Waals surface area contributed by atoms with Gasteiger partial charge in [-0.3, -0.25) is 4.79 Å². The van der Waals surface area contributed by atoms with E-state index in [9.17, 15) is 4.79 Å². The topological polar surface area (TPSA) is 96.9 Å². The summed E-state index contributed by atoms with van der Waals surface area (Å²) in [6.45, 7) is 2.38. The highest BCUT2D eigenvalue weighted by Crippen LogP contribution is 2.17. The van der Waals surface area contributed by atoms with E-state index in [2.05, 4.69) is 25.4 Å². The lowest BCUT2D eigenvalue weighted by Gasteiger charge is -2.23. The first-order chi connectivity index (χ1) is 12.3. The van der Waals surface area contributed by atoms with Crippen LogP contribution in [-0.2, 0) is 11.2 Å². The smallest absolute Gasteiger partial charge is 0.254 e. The number of amides is 1. The van der Waals surface area contributed by atoms with E-state index in [0.29, 0.717) is 37.4 Å². The molecule has 1 N–H and O–H groups in total. The summed E-state index contributed by atoms with van der Waals surface area (Å²) in [7, 11) is 0. The lowest BCUT2D eigenvalue weighted by Crippen LogP contribution is -2.36. The average molecular weight is 338 g/mol. The molecule has 25 heavy (non-hydrogen) atoms. The first-order valence-electron chi connectivity index (χ1n) is 8.22. The van der Waals surface area contributed by atoms with E-state index in [4.69, 9.17) is 4.74 Å². The van der Waals surface area contributed by atoms with Crippen molar-refractivity contribution in [2.45, 2.75) is 6.42 Å². The largest absolute Gasteiger partial charge is 0.379 e. The molecule has 8 nitrogen and oxygen atoms in total. The predicted octanol–water partition coefficient (Wildman–Crippen LogP) is 1.08. The molecule has 8 heteroatoms. The van der Waals surface area contributed by atoms with E-state index in [1.54, 1.807) is 30.7 Å². The summed E-state index contributed by atoms with van der Waals surface area (Å²) in [6, 6.07) is 7.26. The first kappa shape index (κ1) is 15.6. The van der Waals surface area contributed by atoms with Crippen molar-refractivity contribution in [3.8, 4) is 0 Å². The lowest BCUT2D eigenvalue weighted by molar-refractivity contribution is 0.0737. The van der Waals surface area contributed by atoms with Gasteiger partial charge in [-0.15, -0.1) is 0 Å². The number of hydrogen-bond acceptors (Lipinski definition) is 6. The Balaban J connectivity index is 1.50. The maximum absolute atomic E-state index is 12.9. The average Bonchev–Trinajstić information content (AvgIpc) is 3.00. The van der Waals surface area contributed by atoms with E-state index in [0.717, 1.165) is 17.6 Å². The Morgan fingerprint density at radius 3 is 3.08 bits per heavy atom. The molecule has 2 aromatic heterocycles. The fraction of sp³-hybridized carbons (Fsp3) is 0.353. The van der Waals surface area contributed by atoms with Gasteiger partial charge in [0.15, 0.2) is 0 Å². The fourth-order valence-corrected chi connectivity index (χ4v) is 3.08. The first-order valence-corrected chi connectivity index (χ1v) is 8.22. The molecule has 3 aromatic rings. The molecule has 1 unspecified atom stereocenters. The number of nitrogens with one attached hydrogen (secondary N) is 1. The van der Waals surface area contributed by atoms with Crippen LogP contribution in [0.5, 0.6) is 0 Å². The molecule has 0 bridgehead atoms. The lowest BCUT2D eigenvalue weighted by atomic mass is 10.0. The van der Waals surface area contributed by atoms with Gasteiger partial charge in [0.1, 0.15) is 17.4 Å². The van der Waals surface area contributed by atoms with Crippen molar-refractivity contribution in [2.24, 2.45) is 5.92 Å². The summed E-state index contributed by atoms with van der Waals surface area (Å²) in [5, 5.41) is 10.6. The molecule has 128 valence electrons. The third kappa shape index (κ3) is 3.48. The number of carbonyl (C=O) groups is 1. The van der Waals surface area contributed by atoms with E-state index >= 15 is 0 Å². The number of benzene rings is 1. The number of aromatic amines is 1. The van der Waals surface area contributed by atoms with Crippen LogP contribution in [-0.4, -0.2) is 62.5 Å². The zero-order chi connectivity index (χ0) is 17.1. The van der Waals surface area contributed by atoms with Gasteiger partial charge >= 0.3 is 0 Å². The number of rotatable bonds is 3. The van der Waals surface area contributed by atoms with E-state index in [1.807, 2.05) is 11.0 Å². The molecule has 1 saturated heterocycles. The zero-order valence-corrected chi connectivity index (χ0v) is 13.6. The van der Waals surface area contributed by atoms with Gasteiger partial charge in [-0.25, -0.2) is 9.97 Å². The van der Waals surface area contributed by atoms with E-state index in [1.165, 1.54) is 0 Å². The Kier molecular flexibility index (Phi) is 4.34. The standard InChI is InChI=1S/C17H18N6O2/c24-17(13-1-2-15-16(8-13)21-22-20-15)23-5-6-25-10-12(9-23)7-14-3-4-18-11-19-14/h1-4,8,11-12H,5-7,9-10H2,(H,20,21,22). The maximum Gasteiger partial charge on any atom is 0.254 e.